The lowest BCUT2D eigenvalue weighted by molar-refractivity contribution is 0.0712. The molecule has 14 heavy (non-hydrogen) atoms. The Morgan fingerprint density at radius 1 is 1.21 bits per heavy atom. The highest BCUT2D eigenvalue weighted by Crippen LogP contribution is 2.26. The number of rotatable bonds is 3. The summed E-state index contributed by atoms with van der Waals surface area (Å²) in [5.74, 6) is 1.94. The Balaban J connectivity index is 2.30. The van der Waals surface area contributed by atoms with E-state index in [4.69, 9.17) is 4.74 Å². The molecule has 0 unspecified atom stereocenters. The fourth-order valence-corrected chi connectivity index (χ4v) is 1.88. The lowest BCUT2D eigenvalue weighted by Crippen LogP contribution is -2.19. The average molecular weight is 194 g/mol. The topological polar surface area (TPSA) is 9.23 Å². The SMILES string of the molecule is C/C=C\C=C(/C)OC1CCC(C)CC1. The molecule has 0 N–H and O–H groups in total. The smallest absolute Gasteiger partial charge is 0.0982 e. The van der Waals surface area contributed by atoms with Gasteiger partial charge in [-0.05, 0) is 51.5 Å². The Kier molecular flexibility index (Phi) is 4.78. The molecule has 1 fully saturated rings. The second-order valence-corrected chi connectivity index (χ2v) is 4.30. The van der Waals surface area contributed by atoms with Crippen LogP contribution in [0.3, 0.4) is 0 Å². The van der Waals surface area contributed by atoms with E-state index in [0.29, 0.717) is 6.10 Å². The van der Waals surface area contributed by atoms with Crippen molar-refractivity contribution in [3.63, 3.8) is 0 Å². The van der Waals surface area contributed by atoms with Crippen molar-refractivity contribution in [1.29, 1.82) is 0 Å². The Bertz CT molecular complexity index is 207. The second kappa shape index (κ2) is 5.90. The molecule has 0 bridgehead atoms. The highest BCUT2D eigenvalue weighted by molar-refractivity contribution is 5.05. The molecule has 0 aromatic carbocycles. The van der Waals surface area contributed by atoms with E-state index in [2.05, 4.69) is 6.92 Å². The van der Waals surface area contributed by atoms with Gasteiger partial charge in [0, 0.05) is 0 Å². The minimum Gasteiger partial charge on any atom is -0.495 e. The minimum atomic E-state index is 0.465. The molecule has 0 amide bonds. The zero-order chi connectivity index (χ0) is 10.4. The van der Waals surface area contributed by atoms with E-state index in [1.807, 2.05) is 32.1 Å². The monoisotopic (exact) mass is 194 g/mol. The standard InChI is InChI=1S/C13H22O/c1-4-5-6-12(3)14-13-9-7-11(2)8-10-13/h4-6,11,13H,7-10H2,1-3H3/b5-4-,12-6+. The van der Waals surface area contributed by atoms with Gasteiger partial charge in [-0.3, -0.25) is 0 Å². The third kappa shape index (κ3) is 3.99. The molecule has 1 aliphatic carbocycles. The lowest BCUT2D eigenvalue weighted by atomic mass is 9.89. The van der Waals surface area contributed by atoms with E-state index in [1.54, 1.807) is 0 Å². The van der Waals surface area contributed by atoms with Crippen LogP contribution >= 0.6 is 0 Å². The molecule has 0 atom stereocenters. The fourth-order valence-electron chi connectivity index (χ4n) is 1.88. The second-order valence-electron chi connectivity index (χ2n) is 4.30. The summed E-state index contributed by atoms with van der Waals surface area (Å²) in [6, 6.07) is 0. The maximum absolute atomic E-state index is 5.85. The summed E-state index contributed by atoms with van der Waals surface area (Å²) in [5, 5.41) is 0. The van der Waals surface area contributed by atoms with Crippen molar-refractivity contribution in [2.24, 2.45) is 5.92 Å². The quantitative estimate of drug-likeness (QED) is 0.486. The van der Waals surface area contributed by atoms with Gasteiger partial charge in [-0.25, -0.2) is 0 Å². The van der Waals surface area contributed by atoms with E-state index in [0.717, 1.165) is 11.7 Å². The molecule has 0 aromatic rings. The van der Waals surface area contributed by atoms with Crippen LogP contribution in [0.1, 0.15) is 46.5 Å². The van der Waals surface area contributed by atoms with E-state index in [1.165, 1.54) is 25.7 Å². The Morgan fingerprint density at radius 2 is 1.86 bits per heavy atom. The summed E-state index contributed by atoms with van der Waals surface area (Å²) in [5.41, 5.74) is 0. The van der Waals surface area contributed by atoms with Crippen LogP contribution in [0.15, 0.2) is 24.0 Å². The van der Waals surface area contributed by atoms with Gasteiger partial charge in [0.05, 0.1) is 11.9 Å². The van der Waals surface area contributed by atoms with Crippen molar-refractivity contribution in [3.05, 3.63) is 24.0 Å². The van der Waals surface area contributed by atoms with Crippen molar-refractivity contribution >= 4 is 0 Å². The van der Waals surface area contributed by atoms with Crippen LogP contribution < -0.4 is 0 Å². The number of allylic oxidation sites excluding steroid dienone is 4. The summed E-state index contributed by atoms with van der Waals surface area (Å²) in [4.78, 5) is 0. The van der Waals surface area contributed by atoms with Crippen molar-refractivity contribution in [2.45, 2.75) is 52.6 Å². The van der Waals surface area contributed by atoms with Crippen LogP contribution in [-0.2, 0) is 4.74 Å². The maximum Gasteiger partial charge on any atom is 0.0982 e. The predicted molar refractivity (Wildman–Crippen MR) is 61.1 cm³/mol. The zero-order valence-electron chi connectivity index (χ0n) is 9.62. The average Bonchev–Trinajstić information content (AvgIpc) is 2.18. The number of hydrogen-bond acceptors (Lipinski definition) is 1. The largest absolute Gasteiger partial charge is 0.495 e. The minimum absolute atomic E-state index is 0.465. The van der Waals surface area contributed by atoms with Crippen LogP contribution in [0.2, 0.25) is 0 Å². The Labute approximate surface area is 87.8 Å². The van der Waals surface area contributed by atoms with Crippen molar-refractivity contribution in [2.75, 3.05) is 0 Å². The molecular weight excluding hydrogens is 172 g/mol. The van der Waals surface area contributed by atoms with Gasteiger partial charge in [-0.15, -0.1) is 0 Å². The molecular formula is C13H22O. The lowest BCUT2D eigenvalue weighted by Gasteiger charge is -2.27. The normalized spacial score (nSPS) is 29.5. The number of ether oxygens (including phenoxy) is 1. The molecule has 0 radical (unpaired) electrons. The van der Waals surface area contributed by atoms with Crippen LogP contribution in [0.25, 0.3) is 0 Å². The van der Waals surface area contributed by atoms with Crippen LogP contribution in [0, 0.1) is 5.92 Å². The summed E-state index contributed by atoms with van der Waals surface area (Å²) in [6.45, 7) is 6.39. The summed E-state index contributed by atoms with van der Waals surface area (Å²) in [7, 11) is 0. The Morgan fingerprint density at radius 3 is 2.43 bits per heavy atom. The van der Waals surface area contributed by atoms with Gasteiger partial charge in [0.15, 0.2) is 0 Å². The molecule has 80 valence electrons. The fraction of sp³-hybridized carbons (Fsp3) is 0.692. The molecule has 1 nitrogen and oxygen atoms in total. The van der Waals surface area contributed by atoms with Crippen molar-refractivity contribution in [3.8, 4) is 0 Å². The first-order valence-electron chi connectivity index (χ1n) is 5.68. The molecule has 0 aromatic heterocycles. The van der Waals surface area contributed by atoms with Crippen molar-refractivity contribution in [1.82, 2.24) is 0 Å². The first-order chi connectivity index (χ1) is 6.72. The molecule has 1 heteroatoms. The first kappa shape index (κ1) is 11.4. The van der Waals surface area contributed by atoms with E-state index < -0.39 is 0 Å². The first-order valence-corrected chi connectivity index (χ1v) is 5.68. The summed E-state index contributed by atoms with van der Waals surface area (Å²) < 4.78 is 5.85. The molecule has 1 aliphatic rings. The van der Waals surface area contributed by atoms with Gasteiger partial charge in [0.25, 0.3) is 0 Å². The summed E-state index contributed by atoms with van der Waals surface area (Å²) >= 11 is 0. The zero-order valence-corrected chi connectivity index (χ0v) is 9.62. The van der Waals surface area contributed by atoms with E-state index >= 15 is 0 Å². The molecule has 0 saturated heterocycles. The van der Waals surface area contributed by atoms with Crippen LogP contribution in [-0.4, -0.2) is 6.10 Å². The third-order valence-electron chi connectivity index (χ3n) is 2.84. The van der Waals surface area contributed by atoms with Crippen molar-refractivity contribution < 1.29 is 4.74 Å². The number of hydrogen-bond donors (Lipinski definition) is 0. The highest BCUT2D eigenvalue weighted by atomic mass is 16.5. The van der Waals surface area contributed by atoms with Gasteiger partial charge in [0.1, 0.15) is 0 Å². The molecule has 0 spiro atoms. The van der Waals surface area contributed by atoms with Gasteiger partial charge in [-0.1, -0.05) is 19.1 Å². The predicted octanol–water partition coefficient (Wildman–Crippen LogP) is 4.06. The van der Waals surface area contributed by atoms with Gasteiger partial charge < -0.3 is 4.74 Å². The van der Waals surface area contributed by atoms with E-state index in [-0.39, 0.29) is 0 Å². The molecule has 0 aliphatic heterocycles. The van der Waals surface area contributed by atoms with Crippen LogP contribution in [0.4, 0.5) is 0 Å². The maximum atomic E-state index is 5.85. The highest BCUT2D eigenvalue weighted by Gasteiger charge is 2.18. The Hall–Kier alpha value is -0.720. The van der Waals surface area contributed by atoms with Gasteiger partial charge >= 0.3 is 0 Å². The molecule has 1 rings (SSSR count). The van der Waals surface area contributed by atoms with Gasteiger partial charge in [0.2, 0.25) is 0 Å². The van der Waals surface area contributed by atoms with E-state index in [9.17, 15) is 0 Å². The third-order valence-corrected chi connectivity index (χ3v) is 2.84. The molecule has 0 heterocycles. The summed E-state index contributed by atoms with van der Waals surface area (Å²) in [6.07, 6.45) is 11.6. The molecule has 1 saturated carbocycles. The van der Waals surface area contributed by atoms with Gasteiger partial charge in [-0.2, -0.15) is 0 Å². The van der Waals surface area contributed by atoms with Crippen LogP contribution in [0.5, 0.6) is 0 Å².